The summed E-state index contributed by atoms with van der Waals surface area (Å²) in [5, 5.41) is 2.88. The summed E-state index contributed by atoms with van der Waals surface area (Å²) < 4.78 is 7.33. The fourth-order valence-electron chi connectivity index (χ4n) is 3.64. The van der Waals surface area contributed by atoms with Gasteiger partial charge < -0.3 is 19.5 Å². The zero-order chi connectivity index (χ0) is 21.8. The van der Waals surface area contributed by atoms with E-state index < -0.39 is 0 Å². The van der Waals surface area contributed by atoms with Crippen molar-refractivity contribution in [2.24, 2.45) is 0 Å². The molecule has 1 fully saturated rings. The maximum atomic E-state index is 12.7. The number of nitrogens with zero attached hydrogens (tertiary/aromatic N) is 2. The molecule has 1 aromatic heterocycles. The Hall–Kier alpha value is -2.45. The minimum absolute atomic E-state index is 0.000506. The average molecular weight is 432 g/mol. The van der Waals surface area contributed by atoms with Crippen LogP contribution in [0.3, 0.4) is 0 Å². The van der Waals surface area contributed by atoms with Crippen LogP contribution in [0.4, 0.5) is 0 Å². The van der Waals surface area contributed by atoms with Crippen LogP contribution in [-0.4, -0.2) is 46.6 Å². The van der Waals surface area contributed by atoms with Crippen molar-refractivity contribution in [3.05, 3.63) is 55.6 Å². The van der Waals surface area contributed by atoms with Crippen molar-refractivity contribution < 1.29 is 14.3 Å². The molecule has 30 heavy (non-hydrogen) atoms. The van der Waals surface area contributed by atoms with Crippen LogP contribution in [-0.2, 0) is 22.6 Å². The molecule has 8 heteroatoms. The molecule has 1 aliphatic rings. The summed E-state index contributed by atoms with van der Waals surface area (Å²) in [5.74, 6) is -0.110. The molecular weight excluding hydrogens is 402 g/mol. The van der Waals surface area contributed by atoms with Crippen LogP contribution in [0.1, 0.15) is 46.8 Å². The number of aryl methyl sites for hydroxylation is 1. The SMILES string of the molecule is Cc1sc(=O)n(CCC(=O)NCc2ccc(C(=O)N3CC(C)OC(C)C3)cc2)c1C. The number of ether oxygens (including phenoxy) is 1. The number of morpholine rings is 1. The molecule has 0 spiro atoms. The molecule has 162 valence electrons. The molecule has 0 radical (unpaired) electrons. The van der Waals surface area contributed by atoms with E-state index in [4.69, 9.17) is 4.74 Å². The summed E-state index contributed by atoms with van der Waals surface area (Å²) in [5.41, 5.74) is 2.47. The number of rotatable bonds is 6. The van der Waals surface area contributed by atoms with Gasteiger partial charge in [-0.05, 0) is 45.4 Å². The van der Waals surface area contributed by atoms with Gasteiger partial charge in [-0.3, -0.25) is 14.4 Å². The number of benzene rings is 1. The van der Waals surface area contributed by atoms with E-state index in [1.165, 1.54) is 11.3 Å². The molecule has 0 aliphatic carbocycles. The molecule has 2 amide bonds. The molecule has 2 unspecified atom stereocenters. The second-order valence-corrected chi connectivity index (χ2v) is 9.02. The van der Waals surface area contributed by atoms with Gasteiger partial charge in [-0.15, -0.1) is 0 Å². The average Bonchev–Trinajstić information content (AvgIpc) is 2.95. The van der Waals surface area contributed by atoms with Crippen LogP contribution in [0.15, 0.2) is 29.1 Å². The number of hydrogen-bond acceptors (Lipinski definition) is 5. The lowest BCUT2D eigenvalue weighted by Crippen LogP contribution is -2.48. The van der Waals surface area contributed by atoms with Crippen LogP contribution in [0.5, 0.6) is 0 Å². The molecule has 3 rings (SSSR count). The van der Waals surface area contributed by atoms with Crippen LogP contribution in [0.2, 0.25) is 0 Å². The Labute approximate surface area is 180 Å². The van der Waals surface area contributed by atoms with Crippen LogP contribution >= 0.6 is 11.3 Å². The number of thiazole rings is 1. The van der Waals surface area contributed by atoms with E-state index in [1.807, 2.05) is 44.7 Å². The highest BCUT2D eigenvalue weighted by atomic mass is 32.1. The molecule has 1 N–H and O–H groups in total. The fraction of sp³-hybridized carbons (Fsp3) is 0.500. The van der Waals surface area contributed by atoms with Gasteiger partial charge in [-0.1, -0.05) is 23.5 Å². The van der Waals surface area contributed by atoms with Crippen molar-refractivity contribution in [2.75, 3.05) is 13.1 Å². The molecule has 0 saturated carbocycles. The van der Waals surface area contributed by atoms with E-state index in [0.717, 1.165) is 16.1 Å². The van der Waals surface area contributed by atoms with Crippen molar-refractivity contribution in [2.45, 2.75) is 59.4 Å². The maximum absolute atomic E-state index is 12.7. The van der Waals surface area contributed by atoms with Crippen molar-refractivity contribution >= 4 is 23.2 Å². The van der Waals surface area contributed by atoms with Gasteiger partial charge in [0.05, 0.1) is 12.2 Å². The topological polar surface area (TPSA) is 80.6 Å². The van der Waals surface area contributed by atoms with Gasteiger partial charge in [0, 0.05) is 48.7 Å². The molecule has 1 aliphatic heterocycles. The zero-order valence-electron chi connectivity index (χ0n) is 17.9. The van der Waals surface area contributed by atoms with Crippen molar-refractivity contribution in [3.63, 3.8) is 0 Å². The smallest absolute Gasteiger partial charge is 0.307 e. The molecule has 2 heterocycles. The number of carbonyl (C=O) groups is 2. The molecule has 7 nitrogen and oxygen atoms in total. The molecule has 2 aromatic rings. The fourth-order valence-corrected chi connectivity index (χ4v) is 4.50. The maximum Gasteiger partial charge on any atom is 0.307 e. The van der Waals surface area contributed by atoms with E-state index in [-0.39, 0.29) is 35.3 Å². The van der Waals surface area contributed by atoms with Gasteiger partial charge in [-0.25, -0.2) is 0 Å². The zero-order valence-corrected chi connectivity index (χ0v) is 18.8. The van der Waals surface area contributed by atoms with E-state index in [0.29, 0.717) is 31.7 Å². The number of amides is 2. The third-order valence-corrected chi connectivity index (χ3v) is 6.33. The first-order chi connectivity index (χ1) is 14.2. The monoisotopic (exact) mass is 431 g/mol. The largest absolute Gasteiger partial charge is 0.372 e. The Kier molecular flexibility index (Phi) is 7.10. The normalized spacial score (nSPS) is 19.0. The number of hydrogen-bond donors (Lipinski definition) is 1. The predicted octanol–water partition coefficient (Wildman–Crippen LogP) is 2.48. The summed E-state index contributed by atoms with van der Waals surface area (Å²) in [7, 11) is 0. The summed E-state index contributed by atoms with van der Waals surface area (Å²) in [6.07, 6.45) is 0.315. The van der Waals surface area contributed by atoms with Crippen LogP contribution in [0.25, 0.3) is 0 Å². The second kappa shape index (κ2) is 9.57. The Morgan fingerprint density at radius 2 is 1.77 bits per heavy atom. The Morgan fingerprint density at radius 3 is 2.33 bits per heavy atom. The Morgan fingerprint density at radius 1 is 1.13 bits per heavy atom. The third kappa shape index (κ3) is 5.37. The minimum atomic E-state index is -0.110. The van der Waals surface area contributed by atoms with E-state index in [1.54, 1.807) is 16.7 Å². The summed E-state index contributed by atoms with van der Waals surface area (Å²) >= 11 is 1.21. The van der Waals surface area contributed by atoms with E-state index in [9.17, 15) is 14.4 Å². The molecule has 1 aromatic carbocycles. The summed E-state index contributed by atoms with van der Waals surface area (Å²) in [6, 6.07) is 7.31. The first kappa shape index (κ1) is 22.2. The number of nitrogens with one attached hydrogen (secondary N) is 1. The van der Waals surface area contributed by atoms with E-state index in [2.05, 4.69) is 5.32 Å². The predicted molar refractivity (Wildman–Crippen MR) is 117 cm³/mol. The summed E-state index contributed by atoms with van der Waals surface area (Å²) in [6.45, 7) is 9.69. The van der Waals surface area contributed by atoms with Crippen LogP contribution < -0.4 is 10.2 Å². The third-order valence-electron chi connectivity index (χ3n) is 5.34. The minimum Gasteiger partial charge on any atom is -0.372 e. The molecule has 1 saturated heterocycles. The van der Waals surface area contributed by atoms with Crippen molar-refractivity contribution in [3.8, 4) is 0 Å². The van der Waals surface area contributed by atoms with Gasteiger partial charge >= 0.3 is 4.87 Å². The molecular formula is C22H29N3O4S. The van der Waals surface area contributed by atoms with E-state index >= 15 is 0 Å². The number of carbonyl (C=O) groups excluding carboxylic acids is 2. The Balaban J connectivity index is 1.50. The van der Waals surface area contributed by atoms with Gasteiger partial charge in [0.1, 0.15) is 0 Å². The first-order valence-corrected chi connectivity index (χ1v) is 11.0. The van der Waals surface area contributed by atoms with Crippen LogP contribution in [0, 0.1) is 13.8 Å². The second-order valence-electron chi connectivity index (χ2n) is 7.85. The number of aromatic nitrogens is 1. The van der Waals surface area contributed by atoms with Gasteiger partial charge in [0.2, 0.25) is 5.91 Å². The molecule has 2 atom stereocenters. The lowest BCUT2D eigenvalue weighted by molar-refractivity contribution is -0.121. The lowest BCUT2D eigenvalue weighted by atomic mass is 10.1. The van der Waals surface area contributed by atoms with Gasteiger partial charge in [0.25, 0.3) is 5.91 Å². The lowest BCUT2D eigenvalue weighted by Gasteiger charge is -2.35. The first-order valence-electron chi connectivity index (χ1n) is 10.2. The standard InChI is InChI=1S/C22H29N3O4S/c1-14-12-24(13-15(2)29-14)21(27)19-7-5-18(6-8-19)11-23-20(26)9-10-25-16(3)17(4)30-22(25)28/h5-8,14-15H,9-13H2,1-4H3,(H,23,26). The van der Waals surface area contributed by atoms with Crippen molar-refractivity contribution in [1.29, 1.82) is 0 Å². The van der Waals surface area contributed by atoms with Crippen molar-refractivity contribution in [1.82, 2.24) is 14.8 Å². The molecule has 0 bridgehead atoms. The van der Waals surface area contributed by atoms with Gasteiger partial charge in [-0.2, -0.15) is 0 Å². The highest BCUT2D eigenvalue weighted by Gasteiger charge is 2.26. The highest BCUT2D eigenvalue weighted by molar-refractivity contribution is 7.09. The van der Waals surface area contributed by atoms with Gasteiger partial charge in [0.15, 0.2) is 0 Å². The highest BCUT2D eigenvalue weighted by Crippen LogP contribution is 2.15. The summed E-state index contributed by atoms with van der Waals surface area (Å²) in [4.78, 5) is 39.6. The quantitative estimate of drug-likeness (QED) is 0.762. The Bertz CT molecular complexity index is 954.